The molecule has 6 rings (SSSR count). The minimum atomic E-state index is -0.559. The number of hydrogen-bond acceptors (Lipinski definition) is 4. The Hall–Kier alpha value is -3.12. The third kappa shape index (κ3) is 4.54. The summed E-state index contributed by atoms with van der Waals surface area (Å²) in [4.78, 5) is 56.5. The molecule has 0 amide bonds. The molecule has 0 aliphatic heterocycles. The minimum absolute atomic E-state index is 0.0270. The third-order valence-corrected chi connectivity index (χ3v) is 13.2. The molecule has 0 aromatic rings. The van der Waals surface area contributed by atoms with Gasteiger partial charge in [0.15, 0.2) is 17.3 Å². The van der Waals surface area contributed by atoms with Crippen LogP contribution in [0.1, 0.15) is 113 Å². The summed E-state index contributed by atoms with van der Waals surface area (Å²) in [6, 6.07) is -0.559. The summed E-state index contributed by atoms with van der Waals surface area (Å²) in [5.74, 6) is 0.830. The monoisotopic (exact) mass is 596 g/mol. The highest BCUT2D eigenvalue weighted by Crippen LogP contribution is 2.66. The van der Waals surface area contributed by atoms with Crippen LogP contribution in [0.5, 0.6) is 0 Å². The zero-order valence-electron chi connectivity index (χ0n) is 27.9. The van der Waals surface area contributed by atoms with Crippen LogP contribution in [-0.2, 0) is 19.2 Å². The molecule has 0 heterocycles. The highest BCUT2D eigenvalue weighted by Gasteiger charge is 2.63. The quantitative estimate of drug-likeness (QED) is 0.265. The Morgan fingerprint density at radius 2 is 1.23 bits per heavy atom. The van der Waals surface area contributed by atoms with Crippen LogP contribution in [0.3, 0.4) is 0 Å². The molecule has 0 radical (unpaired) electrons. The van der Waals surface area contributed by atoms with Crippen molar-refractivity contribution in [3.63, 3.8) is 0 Å². The van der Waals surface area contributed by atoms with Crippen molar-refractivity contribution < 1.29 is 19.2 Å². The molecule has 0 N–H and O–H groups in total. The van der Waals surface area contributed by atoms with E-state index in [1.54, 1.807) is 0 Å². The van der Waals surface area contributed by atoms with Crippen LogP contribution >= 0.6 is 0 Å². The average Bonchev–Trinajstić information content (AvgIpc) is 2.95. The van der Waals surface area contributed by atoms with Gasteiger partial charge in [0, 0.05) is 40.9 Å². The van der Waals surface area contributed by atoms with E-state index in [9.17, 15) is 19.2 Å². The molecular weight excluding hydrogens is 548 g/mol. The standard InChI is InChI=1S/C19H25NO2.C19H23NO2/c2*1-17(2)14-7-9-18(3)8-6-12(21)10-15(18)19(14,4)11-13(20-5)16(17)22/h10,13-14H,6-9,11H2,1-4H3;10-11,14H,6-9H2,1-4H3/t13?,14-,18+,19-;14-,18+,19-/m00/s1. The molecule has 1 unspecified atom stereocenters. The maximum atomic E-state index is 12.7. The van der Waals surface area contributed by atoms with Crippen molar-refractivity contribution in [2.75, 3.05) is 0 Å². The molecule has 3 saturated carbocycles. The molecule has 0 aromatic carbocycles. The highest BCUT2D eigenvalue weighted by atomic mass is 16.1. The van der Waals surface area contributed by atoms with Gasteiger partial charge >= 0.3 is 0 Å². The van der Waals surface area contributed by atoms with Crippen LogP contribution in [0.2, 0.25) is 0 Å². The van der Waals surface area contributed by atoms with E-state index in [1.807, 2.05) is 45.9 Å². The number of allylic oxidation sites excluding steroid dienone is 6. The first kappa shape index (κ1) is 32.3. The summed E-state index contributed by atoms with van der Waals surface area (Å²) < 4.78 is 0. The van der Waals surface area contributed by atoms with Gasteiger partial charge in [-0.25, -0.2) is 11.4 Å². The number of fused-ring (bicyclic) bond motifs is 6. The van der Waals surface area contributed by atoms with Crippen molar-refractivity contribution in [1.82, 2.24) is 0 Å². The second kappa shape index (κ2) is 10.2. The van der Waals surface area contributed by atoms with Crippen molar-refractivity contribution in [2.45, 2.75) is 119 Å². The molecule has 6 heteroatoms. The fraction of sp³-hybridized carbons (Fsp3) is 0.684. The molecule has 3 fully saturated rings. The summed E-state index contributed by atoms with van der Waals surface area (Å²) in [6.45, 7) is 31.6. The number of carbonyl (C=O) groups is 4. The van der Waals surface area contributed by atoms with E-state index < -0.39 is 16.9 Å². The van der Waals surface area contributed by atoms with Crippen molar-refractivity contribution in [3.8, 4) is 0 Å². The Morgan fingerprint density at radius 1 is 0.705 bits per heavy atom. The lowest BCUT2D eigenvalue weighted by Gasteiger charge is -2.59. The van der Waals surface area contributed by atoms with Gasteiger partial charge in [-0.15, -0.1) is 0 Å². The normalized spacial score (nSPS) is 41.9. The second-order valence-electron chi connectivity index (χ2n) is 16.7. The molecule has 0 saturated heterocycles. The number of ketones is 4. The molecule has 6 aliphatic carbocycles. The first-order valence-electron chi connectivity index (χ1n) is 16.4. The molecular formula is C38H48N2O4. The molecule has 7 atom stereocenters. The van der Waals surface area contributed by atoms with Crippen LogP contribution in [0.15, 0.2) is 35.1 Å². The number of hydrogen-bond donors (Lipinski definition) is 0. The van der Waals surface area contributed by atoms with E-state index in [4.69, 9.17) is 13.1 Å². The smallest absolute Gasteiger partial charge is 0.282 e. The van der Waals surface area contributed by atoms with Gasteiger partial charge < -0.3 is 9.64 Å². The first-order valence-corrected chi connectivity index (χ1v) is 16.4. The number of carbonyl (C=O) groups excluding carboxylic acids is 4. The Bertz CT molecular complexity index is 1530. The van der Waals surface area contributed by atoms with E-state index >= 15 is 0 Å². The van der Waals surface area contributed by atoms with E-state index in [0.29, 0.717) is 19.3 Å². The topological polar surface area (TPSA) is 77.0 Å². The molecule has 6 aliphatic rings. The Kier molecular flexibility index (Phi) is 7.48. The number of nitrogens with zero attached hydrogens (tertiary/aromatic N) is 2. The van der Waals surface area contributed by atoms with E-state index in [-0.39, 0.29) is 62.3 Å². The summed E-state index contributed by atoms with van der Waals surface area (Å²) in [7, 11) is 0. The minimum Gasteiger partial charge on any atom is -0.307 e. The van der Waals surface area contributed by atoms with Crippen molar-refractivity contribution in [2.24, 2.45) is 44.3 Å². The lowest BCUT2D eigenvalue weighted by molar-refractivity contribution is -0.142. The van der Waals surface area contributed by atoms with E-state index in [1.165, 1.54) is 5.57 Å². The maximum absolute atomic E-state index is 12.7. The summed E-state index contributed by atoms with van der Waals surface area (Å²) in [5.41, 5.74) is 1.12. The maximum Gasteiger partial charge on any atom is 0.282 e. The van der Waals surface area contributed by atoms with Crippen LogP contribution in [0.25, 0.3) is 9.69 Å². The average molecular weight is 597 g/mol. The van der Waals surface area contributed by atoms with Crippen molar-refractivity contribution in [3.05, 3.63) is 57.9 Å². The van der Waals surface area contributed by atoms with Crippen molar-refractivity contribution in [1.29, 1.82) is 0 Å². The van der Waals surface area contributed by atoms with Gasteiger partial charge in [0.25, 0.3) is 6.04 Å². The van der Waals surface area contributed by atoms with E-state index in [2.05, 4.69) is 37.4 Å². The third-order valence-electron chi connectivity index (χ3n) is 13.2. The lowest BCUT2D eigenvalue weighted by atomic mass is 9.43. The van der Waals surface area contributed by atoms with Gasteiger partial charge in [0.2, 0.25) is 11.5 Å². The Labute approximate surface area is 263 Å². The highest BCUT2D eigenvalue weighted by molar-refractivity contribution is 6.03. The van der Waals surface area contributed by atoms with Crippen LogP contribution in [0, 0.1) is 57.5 Å². The van der Waals surface area contributed by atoms with Crippen molar-refractivity contribution >= 4 is 23.1 Å². The predicted octanol–water partition coefficient (Wildman–Crippen LogP) is 8.10. The first-order chi connectivity index (χ1) is 20.3. The zero-order chi connectivity index (χ0) is 32.7. The lowest BCUT2D eigenvalue weighted by Crippen LogP contribution is -2.58. The molecule has 234 valence electrons. The fourth-order valence-electron chi connectivity index (χ4n) is 10.8. The molecule has 6 nitrogen and oxygen atoms in total. The number of rotatable bonds is 0. The summed E-state index contributed by atoms with van der Waals surface area (Å²) in [5, 5.41) is 0. The van der Waals surface area contributed by atoms with Gasteiger partial charge in [-0.3, -0.25) is 14.4 Å². The van der Waals surface area contributed by atoms with Gasteiger partial charge in [0.05, 0.1) is 6.57 Å². The van der Waals surface area contributed by atoms with Crippen LogP contribution in [0.4, 0.5) is 0 Å². The Morgan fingerprint density at radius 3 is 1.77 bits per heavy atom. The largest absolute Gasteiger partial charge is 0.307 e. The van der Waals surface area contributed by atoms with Crippen LogP contribution < -0.4 is 0 Å². The zero-order valence-corrected chi connectivity index (χ0v) is 27.9. The van der Waals surface area contributed by atoms with Crippen LogP contribution in [-0.4, -0.2) is 29.2 Å². The second-order valence-corrected chi connectivity index (χ2v) is 16.7. The number of Topliss-reactive ketones (excluding diaryl/α,β-unsaturated/α-hetero) is 2. The molecule has 0 spiro atoms. The fourth-order valence-corrected chi connectivity index (χ4v) is 10.8. The molecule has 44 heavy (non-hydrogen) atoms. The molecule has 0 bridgehead atoms. The van der Waals surface area contributed by atoms with Gasteiger partial charge in [-0.05, 0) is 73.3 Å². The van der Waals surface area contributed by atoms with Gasteiger partial charge in [-0.1, -0.05) is 72.6 Å². The molecule has 0 aromatic heterocycles. The summed E-state index contributed by atoms with van der Waals surface area (Å²) in [6.07, 6.45) is 13.2. The SMILES string of the molecule is [C-]#[N+]C1=C[C@]2(C)C3=CC(=O)CC[C@]3(C)CC[C@H]2C(C)(C)C1=O.[C-]#[N+]C1C[C@]2(C)C3=CC(=O)CC[C@]3(C)CC[C@H]2C(C)(C)C1=O. The predicted molar refractivity (Wildman–Crippen MR) is 170 cm³/mol. The Balaban J connectivity index is 0.000000175. The van der Waals surface area contributed by atoms with Gasteiger partial charge in [-0.2, -0.15) is 0 Å². The van der Waals surface area contributed by atoms with Gasteiger partial charge in [0.1, 0.15) is 0 Å². The summed E-state index contributed by atoms with van der Waals surface area (Å²) >= 11 is 0. The van der Waals surface area contributed by atoms with E-state index in [0.717, 1.165) is 44.1 Å².